The minimum atomic E-state index is -0.390. The fourth-order valence-electron chi connectivity index (χ4n) is 4.53. The number of carbonyl (C=O) groups is 1. The van der Waals surface area contributed by atoms with Crippen molar-refractivity contribution in [2.75, 3.05) is 13.2 Å². The van der Waals surface area contributed by atoms with Crippen LogP contribution in [-0.4, -0.2) is 24.3 Å². The minimum absolute atomic E-state index is 0.00629. The fraction of sp³-hybridized carbons (Fsp3) is 0.667. The van der Waals surface area contributed by atoms with Gasteiger partial charge in [-0.2, -0.15) is 0 Å². The summed E-state index contributed by atoms with van der Waals surface area (Å²) in [5, 5.41) is 9.59. The summed E-state index contributed by atoms with van der Waals surface area (Å²) < 4.78 is 5.19. The number of carbonyl (C=O) groups excluding carboxylic acids is 1. The Morgan fingerprint density at radius 2 is 1.67 bits per heavy atom. The third-order valence-electron chi connectivity index (χ3n) is 6.63. The molecule has 168 valence electrons. The topological polar surface area (TPSA) is 46.5 Å². The quantitative estimate of drug-likeness (QED) is 0.235. The standard InChI is InChI=1S/C27H42O3/c1-4-5-6-7-22-8-10-23(11-9-22)12-13-24-14-16-25(17-15-24)18-26(19-28)20-30-27(29)21(2)3/h14-17,22-23,26,28H,2,4-13,18-20H2,1,3H3. The van der Waals surface area contributed by atoms with Crippen molar-refractivity contribution in [2.24, 2.45) is 17.8 Å². The third-order valence-corrected chi connectivity index (χ3v) is 6.63. The molecule has 1 aliphatic carbocycles. The van der Waals surface area contributed by atoms with Crippen LogP contribution in [0, 0.1) is 17.8 Å². The van der Waals surface area contributed by atoms with Crippen LogP contribution in [0.2, 0.25) is 0 Å². The van der Waals surface area contributed by atoms with E-state index in [-0.39, 0.29) is 19.1 Å². The molecule has 1 atom stereocenters. The van der Waals surface area contributed by atoms with E-state index < -0.39 is 5.97 Å². The van der Waals surface area contributed by atoms with Crippen molar-refractivity contribution in [3.05, 3.63) is 47.5 Å². The van der Waals surface area contributed by atoms with Gasteiger partial charge >= 0.3 is 5.97 Å². The molecule has 0 amide bonds. The van der Waals surface area contributed by atoms with Gasteiger partial charge in [0, 0.05) is 18.1 Å². The number of aliphatic hydroxyl groups excluding tert-OH is 1. The maximum Gasteiger partial charge on any atom is 0.333 e. The Balaban J connectivity index is 1.69. The summed E-state index contributed by atoms with van der Waals surface area (Å²) in [6.07, 6.45) is 14.5. The molecule has 1 N–H and O–H groups in total. The number of hydrogen-bond acceptors (Lipinski definition) is 3. The molecule has 0 aliphatic heterocycles. The molecule has 0 heterocycles. The first kappa shape index (κ1) is 24.7. The second-order valence-corrected chi connectivity index (χ2v) is 9.37. The first-order valence-electron chi connectivity index (χ1n) is 12.0. The first-order valence-corrected chi connectivity index (χ1v) is 12.0. The normalized spacial score (nSPS) is 20.0. The van der Waals surface area contributed by atoms with E-state index in [2.05, 4.69) is 37.8 Å². The van der Waals surface area contributed by atoms with E-state index in [9.17, 15) is 9.90 Å². The summed E-state index contributed by atoms with van der Waals surface area (Å²) in [5.74, 6) is 1.42. The second kappa shape index (κ2) is 13.6. The Hall–Kier alpha value is -1.61. The van der Waals surface area contributed by atoms with Crippen molar-refractivity contribution in [2.45, 2.75) is 84.5 Å². The first-order chi connectivity index (χ1) is 14.5. The minimum Gasteiger partial charge on any atom is -0.462 e. The lowest BCUT2D eigenvalue weighted by Gasteiger charge is -2.28. The van der Waals surface area contributed by atoms with Gasteiger partial charge in [-0.3, -0.25) is 0 Å². The number of aliphatic hydroxyl groups is 1. The van der Waals surface area contributed by atoms with Crippen LogP contribution in [0.5, 0.6) is 0 Å². The molecule has 3 heteroatoms. The largest absolute Gasteiger partial charge is 0.462 e. The van der Waals surface area contributed by atoms with Gasteiger partial charge in [-0.25, -0.2) is 4.79 Å². The number of esters is 1. The zero-order chi connectivity index (χ0) is 21.8. The van der Waals surface area contributed by atoms with Gasteiger partial charge in [0.1, 0.15) is 0 Å². The number of unbranched alkanes of at least 4 members (excludes halogenated alkanes) is 2. The molecular formula is C27H42O3. The molecule has 1 aromatic rings. The molecule has 0 radical (unpaired) electrons. The molecule has 1 unspecified atom stereocenters. The molecule has 0 aromatic heterocycles. The summed E-state index contributed by atoms with van der Waals surface area (Å²) in [4.78, 5) is 11.5. The van der Waals surface area contributed by atoms with Crippen molar-refractivity contribution in [1.29, 1.82) is 0 Å². The zero-order valence-corrected chi connectivity index (χ0v) is 19.2. The van der Waals surface area contributed by atoms with Crippen LogP contribution in [-0.2, 0) is 22.4 Å². The van der Waals surface area contributed by atoms with E-state index >= 15 is 0 Å². The van der Waals surface area contributed by atoms with Crippen LogP contribution in [0.4, 0.5) is 0 Å². The van der Waals surface area contributed by atoms with E-state index in [0.717, 1.165) is 18.3 Å². The highest BCUT2D eigenvalue weighted by Gasteiger charge is 2.20. The highest BCUT2D eigenvalue weighted by atomic mass is 16.5. The monoisotopic (exact) mass is 414 g/mol. The number of hydrogen-bond donors (Lipinski definition) is 1. The van der Waals surface area contributed by atoms with Gasteiger partial charge in [0.25, 0.3) is 0 Å². The lowest BCUT2D eigenvalue weighted by Crippen LogP contribution is -2.19. The smallest absolute Gasteiger partial charge is 0.333 e. The molecule has 0 saturated heterocycles. The van der Waals surface area contributed by atoms with Crippen molar-refractivity contribution in [3.8, 4) is 0 Å². The molecule has 2 rings (SSSR count). The summed E-state index contributed by atoms with van der Waals surface area (Å²) in [6.45, 7) is 7.74. The molecule has 3 nitrogen and oxygen atoms in total. The fourth-order valence-corrected chi connectivity index (χ4v) is 4.53. The van der Waals surface area contributed by atoms with E-state index in [1.807, 2.05) is 0 Å². The van der Waals surface area contributed by atoms with Gasteiger partial charge in [-0.05, 0) is 49.1 Å². The van der Waals surface area contributed by atoms with Gasteiger partial charge in [0.2, 0.25) is 0 Å². The lowest BCUT2D eigenvalue weighted by atomic mass is 9.78. The highest BCUT2D eigenvalue weighted by Crippen LogP contribution is 2.34. The molecule has 1 saturated carbocycles. The maximum atomic E-state index is 11.5. The SMILES string of the molecule is C=C(C)C(=O)OCC(CO)Cc1ccc(CCC2CCC(CCCCC)CC2)cc1. The van der Waals surface area contributed by atoms with Crippen molar-refractivity contribution in [3.63, 3.8) is 0 Å². The lowest BCUT2D eigenvalue weighted by molar-refractivity contribution is -0.140. The molecule has 30 heavy (non-hydrogen) atoms. The second-order valence-electron chi connectivity index (χ2n) is 9.37. The molecule has 1 aromatic carbocycles. The number of aryl methyl sites for hydroxylation is 1. The Bertz CT molecular complexity index is 626. The van der Waals surface area contributed by atoms with E-state index in [4.69, 9.17) is 4.74 Å². The highest BCUT2D eigenvalue weighted by molar-refractivity contribution is 5.86. The predicted octanol–water partition coefficient (Wildman–Crippen LogP) is 6.28. The zero-order valence-electron chi connectivity index (χ0n) is 19.2. The van der Waals surface area contributed by atoms with E-state index in [1.54, 1.807) is 6.92 Å². The molecule has 0 spiro atoms. The summed E-state index contributed by atoms with van der Waals surface area (Å²) in [6, 6.07) is 8.76. The van der Waals surface area contributed by atoms with E-state index in [1.165, 1.54) is 68.9 Å². The molecule has 1 aliphatic rings. The Kier molecular flexibility index (Phi) is 11.2. The molecule has 0 bridgehead atoms. The van der Waals surface area contributed by atoms with Crippen LogP contribution < -0.4 is 0 Å². The predicted molar refractivity (Wildman–Crippen MR) is 124 cm³/mol. The average molecular weight is 415 g/mol. The summed E-state index contributed by atoms with van der Waals surface area (Å²) in [7, 11) is 0. The summed E-state index contributed by atoms with van der Waals surface area (Å²) in [5.41, 5.74) is 2.97. The number of rotatable bonds is 13. The Morgan fingerprint density at radius 3 is 2.23 bits per heavy atom. The number of benzene rings is 1. The molecule has 1 fully saturated rings. The van der Waals surface area contributed by atoms with Gasteiger partial charge in [0.15, 0.2) is 0 Å². The van der Waals surface area contributed by atoms with Crippen molar-refractivity contribution >= 4 is 5.97 Å². The van der Waals surface area contributed by atoms with Crippen LogP contribution in [0.3, 0.4) is 0 Å². The van der Waals surface area contributed by atoms with Crippen LogP contribution in [0.25, 0.3) is 0 Å². The average Bonchev–Trinajstić information content (AvgIpc) is 2.76. The Morgan fingerprint density at radius 1 is 1.07 bits per heavy atom. The van der Waals surface area contributed by atoms with Gasteiger partial charge < -0.3 is 9.84 Å². The van der Waals surface area contributed by atoms with Gasteiger partial charge in [-0.1, -0.05) is 89.1 Å². The van der Waals surface area contributed by atoms with E-state index in [0.29, 0.717) is 12.0 Å². The van der Waals surface area contributed by atoms with Crippen molar-refractivity contribution in [1.82, 2.24) is 0 Å². The van der Waals surface area contributed by atoms with Crippen LogP contribution in [0.15, 0.2) is 36.4 Å². The van der Waals surface area contributed by atoms with Crippen LogP contribution >= 0.6 is 0 Å². The Labute approximate surface area is 183 Å². The van der Waals surface area contributed by atoms with Gasteiger partial charge in [0.05, 0.1) is 6.61 Å². The van der Waals surface area contributed by atoms with Gasteiger partial charge in [-0.15, -0.1) is 0 Å². The maximum absolute atomic E-state index is 11.5. The van der Waals surface area contributed by atoms with Crippen molar-refractivity contribution < 1.29 is 14.6 Å². The number of ether oxygens (including phenoxy) is 1. The third kappa shape index (κ3) is 9.04. The van der Waals surface area contributed by atoms with Crippen LogP contribution in [0.1, 0.15) is 82.8 Å². The summed E-state index contributed by atoms with van der Waals surface area (Å²) >= 11 is 0. The molecular weight excluding hydrogens is 372 g/mol.